The fraction of sp³-hybridized carbons (Fsp3) is 0.286. The van der Waals surface area contributed by atoms with Crippen LogP contribution in [0.15, 0.2) is 18.6 Å². The van der Waals surface area contributed by atoms with E-state index in [1.54, 1.807) is 28.4 Å². The number of hydrogen-bond acceptors (Lipinski definition) is 4. The maximum Gasteiger partial charge on any atom is 0.211 e. The minimum Gasteiger partial charge on any atom is -0.227 e. The van der Waals surface area contributed by atoms with Gasteiger partial charge in [0.05, 0.1) is 12.4 Å². The highest BCUT2D eigenvalue weighted by atomic mass is 32.1. The van der Waals surface area contributed by atoms with Crippen LogP contribution in [-0.4, -0.2) is 20.0 Å². The summed E-state index contributed by atoms with van der Waals surface area (Å²) in [6.07, 6.45) is 6.33. The topological polar surface area (TPSA) is 43.6 Å². The second-order valence-corrected chi connectivity index (χ2v) is 3.40. The van der Waals surface area contributed by atoms with Crippen molar-refractivity contribution in [3.05, 3.63) is 23.5 Å². The Morgan fingerprint density at radius 3 is 3.08 bits per heavy atom. The van der Waals surface area contributed by atoms with Crippen LogP contribution in [0.25, 0.3) is 5.13 Å². The number of aryl methyl sites for hydroxylation is 1. The van der Waals surface area contributed by atoms with E-state index in [1.165, 1.54) is 4.88 Å². The first kappa shape index (κ1) is 7.42. The SMILES string of the molecule is CCc1cnc(-n2ccnn2)s1. The average Bonchev–Trinajstić information content (AvgIpc) is 2.75. The van der Waals surface area contributed by atoms with E-state index in [0.29, 0.717) is 0 Å². The van der Waals surface area contributed by atoms with Crippen molar-refractivity contribution in [2.24, 2.45) is 0 Å². The average molecular weight is 180 g/mol. The van der Waals surface area contributed by atoms with Crippen LogP contribution in [0.3, 0.4) is 0 Å². The summed E-state index contributed by atoms with van der Waals surface area (Å²) in [4.78, 5) is 5.47. The van der Waals surface area contributed by atoms with Gasteiger partial charge in [0.2, 0.25) is 5.13 Å². The molecule has 0 saturated heterocycles. The zero-order valence-electron chi connectivity index (χ0n) is 6.64. The predicted molar refractivity (Wildman–Crippen MR) is 46.4 cm³/mol. The summed E-state index contributed by atoms with van der Waals surface area (Å²) < 4.78 is 1.67. The van der Waals surface area contributed by atoms with E-state index < -0.39 is 0 Å². The molecule has 0 bridgehead atoms. The van der Waals surface area contributed by atoms with Gasteiger partial charge in [-0.05, 0) is 6.42 Å². The lowest BCUT2D eigenvalue weighted by molar-refractivity contribution is 0.797. The molecule has 5 heteroatoms. The van der Waals surface area contributed by atoms with Crippen LogP contribution in [0.5, 0.6) is 0 Å². The molecule has 0 saturated carbocycles. The summed E-state index contributed by atoms with van der Waals surface area (Å²) in [7, 11) is 0. The molecule has 0 amide bonds. The highest BCUT2D eigenvalue weighted by molar-refractivity contribution is 7.14. The summed E-state index contributed by atoms with van der Waals surface area (Å²) in [6.45, 7) is 2.11. The van der Waals surface area contributed by atoms with Crippen LogP contribution in [0, 0.1) is 0 Å². The first-order chi connectivity index (χ1) is 5.90. The fourth-order valence-electron chi connectivity index (χ4n) is 0.877. The highest BCUT2D eigenvalue weighted by Crippen LogP contribution is 2.15. The molecule has 0 atom stereocenters. The summed E-state index contributed by atoms with van der Waals surface area (Å²) in [6, 6.07) is 0. The molecule has 0 spiro atoms. The van der Waals surface area contributed by atoms with E-state index >= 15 is 0 Å². The molecule has 0 aliphatic carbocycles. The van der Waals surface area contributed by atoms with Crippen molar-refractivity contribution in [3.63, 3.8) is 0 Å². The largest absolute Gasteiger partial charge is 0.227 e. The fourth-order valence-corrected chi connectivity index (χ4v) is 1.66. The summed E-state index contributed by atoms with van der Waals surface area (Å²) in [5, 5.41) is 8.44. The smallest absolute Gasteiger partial charge is 0.211 e. The molecular weight excluding hydrogens is 172 g/mol. The molecule has 0 fully saturated rings. The monoisotopic (exact) mass is 180 g/mol. The van der Waals surface area contributed by atoms with Crippen molar-refractivity contribution in [2.45, 2.75) is 13.3 Å². The summed E-state index contributed by atoms with van der Waals surface area (Å²) in [5.74, 6) is 0. The van der Waals surface area contributed by atoms with Gasteiger partial charge in [0, 0.05) is 11.1 Å². The van der Waals surface area contributed by atoms with Gasteiger partial charge < -0.3 is 0 Å². The Morgan fingerprint density at radius 1 is 1.58 bits per heavy atom. The van der Waals surface area contributed by atoms with E-state index in [2.05, 4.69) is 22.2 Å². The van der Waals surface area contributed by atoms with Gasteiger partial charge in [0.15, 0.2) is 0 Å². The Morgan fingerprint density at radius 2 is 2.50 bits per heavy atom. The van der Waals surface area contributed by atoms with E-state index in [0.717, 1.165) is 11.6 Å². The Balaban J connectivity index is 2.35. The minimum atomic E-state index is 0.879. The molecule has 2 heterocycles. The van der Waals surface area contributed by atoms with Crippen molar-refractivity contribution in [2.75, 3.05) is 0 Å². The molecule has 12 heavy (non-hydrogen) atoms. The number of rotatable bonds is 2. The lowest BCUT2D eigenvalue weighted by atomic mass is 10.4. The van der Waals surface area contributed by atoms with Crippen LogP contribution in [-0.2, 0) is 6.42 Å². The van der Waals surface area contributed by atoms with E-state index in [1.807, 2.05) is 6.20 Å². The Kier molecular flexibility index (Phi) is 1.87. The first-order valence-electron chi connectivity index (χ1n) is 3.71. The summed E-state index contributed by atoms with van der Waals surface area (Å²) in [5.41, 5.74) is 0. The molecule has 2 rings (SSSR count). The molecule has 2 aromatic heterocycles. The molecule has 0 aliphatic heterocycles. The van der Waals surface area contributed by atoms with Crippen molar-refractivity contribution >= 4 is 11.3 Å². The summed E-state index contributed by atoms with van der Waals surface area (Å²) >= 11 is 1.64. The van der Waals surface area contributed by atoms with E-state index in [-0.39, 0.29) is 0 Å². The van der Waals surface area contributed by atoms with E-state index in [9.17, 15) is 0 Å². The van der Waals surface area contributed by atoms with Gasteiger partial charge in [-0.2, -0.15) is 4.68 Å². The predicted octanol–water partition coefficient (Wildman–Crippen LogP) is 1.29. The van der Waals surface area contributed by atoms with Crippen molar-refractivity contribution in [1.29, 1.82) is 0 Å². The van der Waals surface area contributed by atoms with Gasteiger partial charge in [-0.3, -0.25) is 0 Å². The standard InChI is InChI=1S/C7H8N4S/c1-2-6-5-8-7(12-6)11-4-3-9-10-11/h3-5H,2H2,1H3. The Hall–Kier alpha value is -1.23. The van der Waals surface area contributed by atoms with Gasteiger partial charge in [-0.1, -0.05) is 23.5 Å². The van der Waals surface area contributed by atoms with Gasteiger partial charge in [-0.25, -0.2) is 4.98 Å². The molecule has 0 radical (unpaired) electrons. The number of thiazole rings is 1. The molecule has 62 valence electrons. The van der Waals surface area contributed by atoms with Gasteiger partial charge in [0.1, 0.15) is 0 Å². The molecule has 0 unspecified atom stereocenters. The second-order valence-electron chi connectivity index (χ2n) is 2.31. The van der Waals surface area contributed by atoms with Gasteiger partial charge >= 0.3 is 0 Å². The molecule has 4 nitrogen and oxygen atoms in total. The zero-order chi connectivity index (χ0) is 8.39. The molecule has 0 aliphatic rings. The van der Waals surface area contributed by atoms with Crippen LogP contribution >= 0.6 is 11.3 Å². The third-order valence-corrected chi connectivity index (χ3v) is 2.64. The molecule has 0 N–H and O–H groups in total. The number of aromatic nitrogens is 4. The lowest BCUT2D eigenvalue weighted by Crippen LogP contribution is -1.92. The van der Waals surface area contributed by atoms with Crippen LogP contribution in [0.2, 0.25) is 0 Å². The molecular formula is C7H8N4S. The maximum absolute atomic E-state index is 4.21. The van der Waals surface area contributed by atoms with Crippen molar-refractivity contribution < 1.29 is 0 Å². The lowest BCUT2D eigenvalue weighted by Gasteiger charge is -1.89. The van der Waals surface area contributed by atoms with Crippen molar-refractivity contribution in [3.8, 4) is 5.13 Å². The van der Waals surface area contributed by atoms with Gasteiger partial charge in [-0.15, -0.1) is 5.10 Å². The Bertz CT molecular complexity index is 351. The van der Waals surface area contributed by atoms with Crippen LogP contribution in [0.1, 0.15) is 11.8 Å². The third-order valence-electron chi connectivity index (χ3n) is 1.51. The maximum atomic E-state index is 4.21. The molecule has 0 aromatic carbocycles. The number of hydrogen-bond donors (Lipinski definition) is 0. The number of nitrogens with zero attached hydrogens (tertiary/aromatic N) is 4. The zero-order valence-corrected chi connectivity index (χ0v) is 7.45. The first-order valence-corrected chi connectivity index (χ1v) is 4.53. The highest BCUT2D eigenvalue weighted by Gasteiger charge is 2.01. The minimum absolute atomic E-state index is 0.879. The Labute approximate surface area is 73.9 Å². The second kappa shape index (κ2) is 3.02. The van der Waals surface area contributed by atoms with Crippen molar-refractivity contribution in [1.82, 2.24) is 20.0 Å². The molecule has 2 aromatic rings. The van der Waals surface area contributed by atoms with Crippen LogP contribution < -0.4 is 0 Å². The third kappa shape index (κ3) is 1.23. The normalized spacial score (nSPS) is 10.4. The van der Waals surface area contributed by atoms with Crippen LogP contribution in [0.4, 0.5) is 0 Å². The van der Waals surface area contributed by atoms with Gasteiger partial charge in [0.25, 0.3) is 0 Å². The quantitative estimate of drug-likeness (QED) is 0.699. The van der Waals surface area contributed by atoms with E-state index in [4.69, 9.17) is 0 Å².